The number of para-hydroxylation sites is 1. The fraction of sp³-hybridized carbons (Fsp3) is 0.0526. The van der Waals surface area contributed by atoms with Gasteiger partial charge < -0.3 is 15.7 Å². The van der Waals surface area contributed by atoms with Crippen molar-refractivity contribution >= 4 is 56.3 Å². The van der Waals surface area contributed by atoms with E-state index in [-0.39, 0.29) is 19.9 Å². The summed E-state index contributed by atoms with van der Waals surface area (Å²) in [6.45, 7) is 1.70. The van der Waals surface area contributed by atoms with Gasteiger partial charge in [0.15, 0.2) is 0 Å². The summed E-state index contributed by atoms with van der Waals surface area (Å²) in [5.41, 5.74) is 1.53. The van der Waals surface area contributed by atoms with Gasteiger partial charge in [-0.2, -0.15) is 0 Å². The molecule has 0 saturated carbocycles. The molecule has 3 rings (SSSR count). The Morgan fingerprint density at radius 2 is 1.77 bits per heavy atom. The van der Waals surface area contributed by atoms with E-state index >= 15 is 0 Å². The standard InChI is InChI=1S/C19H16ClN3O5S2/c1-11-10-12(21-19(26)23-30(27,28)17-9-8-16(20)29-17)6-7-14(11)22-18(25)13-4-2-3-5-15(13)24/h2-10,24H,1H3,(H,22,25)(H2,21,23,26). The Kier molecular flexibility index (Phi) is 6.30. The summed E-state index contributed by atoms with van der Waals surface area (Å²) in [6.07, 6.45) is 0. The Morgan fingerprint density at radius 1 is 1.03 bits per heavy atom. The van der Waals surface area contributed by atoms with Gasteiger partial charge in [-0.15, -0.1) is 11.3 Å². The number of aromatic hydroxyl groups is 1. The molecule has 8 nitrogen and oxygen atoms in total. The van der Waals surface area contributed by atoms with Gasteiger partial charge in [0, 0.05) is 11.4 Å². The molecule has 156 valence electrons. The molecule has 0 aliphatic rings. The van der Waals surface area contributed by atoms with Gasteiger partial charge in [0.2, 0.25) is 0 Å². The molecule has 0 atom stereocenters. The quantitative estimate of drug-likeness (QED) is 0.450. The maximum atomic E-state index is 12.3. The van der Waals surface area contributed by atoms with E-state index in [1.165, 1.54) is 30.3 Å². The first-order valence-electron chi connectivity index (χ1n) is 8.45. The number of phenolic OH excluding ortho intramolecular Hbond substituents is 1. The zero-order valence-corrected chi connectivity index (χ0v) is 17.9. The monoisotopic (exact) mass is 465 g/mol. The number of urea groups is 1. The van der Waals surface area contributed by atoms with Crippen molar-refractivity contribution in [2.24, 2.45) is 0 Å². The van der Waals surface area contributed by atoms with Crippen molar-refractivity contribution in [3.8, 4) is 5.75 Å². The van der Waals surface area contributed by atoms with Gasteiger partial charge in [0.1, 0.15) is 9.96 Å². The van der Waals surface area contributed by atoms with Gasteiger partial charge in [0.25, 0.3) is 15.9 Å². The largest absolute Gasteiger partial charge is 0.507 e. The van der Waals surface area contributed by atoms with Crippen LogP contribution in [0.2, 0.25) is 4.34 Å². The summed E-state index contributed by atoms with van der Waals surface area (Å²) in [4.78, 5) is 24.4. The topological polar surface area (TPSA) is 125 Å². The number of hydrogen-bond donors (Lipinski definition) is 4. The second kappa shape index (κ2) is 8.74. The summed E-state index contributed by atoms with van der Waals surface area (Å²) in [7, 11) is -4.04. The Morgan fingerprint density at radius 3 is 2.40 bits per heavy atom. The van der Waals surface area contributed by atoms with E-state index in [2.05, 4.69) is 10.6 Å². The van der Waals surface area contributed by atoms with Gasteiger partial charge in [0.05, 0.1) is 9.90 Å². The van der Waals surface area contributed by atoms with Crippen molar-refractivity contribution in [2.45, 2.75) is 11.1 Å². The summed E-state index contributed by atoms with van der Waals surface area (Å²) < 4.78 is 26.4. The molecule has 0 aliphatic carbocycles. The van der Waals surface area contributed by atoms with Crippen molar-refractivity contribution in [3.63, 3.8) is 0 Å². The molecule has 3 aromatic rings. The molecule has 1 heterocycles. The van der Waals surface area contributed by atoms with E-state index < -0.39 is 22.0 Å². The molecule has 0 radical (unpaired) electrons. The number of carbonyl (C=O) groups excluding carboxylic acids is 2. The third kappa shape index (κ3) is 5.09. The maximum Gasteiger partial charge on any atom is 0.333 e. The zero-order chi connectivity index (χ0) is 21.9. The zero-order valence-electron chi connectivity index (χ0n) is 15.5. The molecule has 0 aliphatic heterocycles. The van der Waals surface area contributed by atoms with Crippen molar-refractivity contribution < 1.29 is 23.1 Å². The van der Waals surface area contributed by atoms with Crippen LogP contribution in [0, 0.1) is 6.92 Å². The molecule has 11 heteroatoms. The third-order valence-corrected chi connectivity index (χ3v) is 6.98. The number of halogens is 1. The van der Waals surface area contributed by atoms with Crippen LogP contribution in [0.25, 0.3) is 0 Å². The maximum absolute atomic E-state index is 12.3. The molecule has 2 aromatic carbocycles. The number of rotatable bonds is 5. The summed E-state index contributed by atoms with van der Waals surface area (Å²) >= 11 is 6.56. The fourth-order valence-electron chi connectivity index (χ4n) is 2.51. The highest BCUT2D eigenvalue weighted by Gasteiger charge is 2.20. The third-order valence-electron chi connectivity index (χ3n) is 3.92. The molecule has 0 bridgehead atoms. The smallest absolute Gasteiger partial charge is 0.333 e. The van der Waals surface area contributed by atoms with Crippen LogP contribution in [-0.4, -0.2) is 25.5 Å². The van der Waals surface area contributed by atoms with Gasteiger partial charge in [-0.3, -0.25) is 4.79 Å². The highest BCUT2D eigenvalue weighted by atomic mass is 35.5. The molecule has 30 heavy (non-hydrogen) atoms. The lowest BCUT2D eigenvalue weighted by atomic mass is 10.1. The molecule has 0 fully saturated rings. The lowest BCUT2D eigenvalue weighted by molar-refractivity contribution is 0.102. The summed E-state index contributed by atoms with van der Waals surface area (Å²) in [6, 6.07) is 12.5. The second-order valence-corrected chi connectivity index (χ2v) is 9.74. The Labute approximate surface area is 181 Å². The average molecular weight is 466 g/mol. The van der Waals surface area contributed by atoms with E-state index in [1.54, 1.807) is 31.2 Å². The van der Waals surface area contributed by atoms with Crippen LogP contribution in [0.1, 0.15) is 15.9 Å². The highest BCUT2D eigenvalue weighted by Crippen LogP contribution is 2.26. The number of carbonyl (C=O) groups is 2. The minimum Gasteiger partial charge on any atom is -0.507 e. The van der Waals surface area contributed by atoms with Crippen LogP contribution < -0.4 is 15.4 Å². The first-order chi connectivity index (χ1) is 14.2. The fourth-order valence-corrected chi connectivity index (χ4v) is 4.90. The summed E-state index contributed by atoms with van der Waals surface area (Å²) in [5.74, 6) is -0.633. The number of benzene rings is 2. The van der Waals surface area contributed by atoms with Crippen LogP contribution in [0.15, 0.2) is 58.8 Å². The lowest BCUT2D eigenvalue weighted by Gasteiger charge is -2.12. The van der Waals surface area contributed by atoms with Crippen molar-refractivity contribution in [2.75, 3.05) is 10.6 Å². The van der Waals surface area contributed by atoms with Gasteiger partial charge in [-0.1, -0.05) is 23.7 Å². The van der Waals surface area contributed by atoms with Crippen LogP contribution in [0.5, 0.6) is 5.75 Å². The Bertz CT molecular complexity index is 1220. The molecule has 0 spiro atoms. The van der Waals surface area contributed by atoms with Crippen molar-refractivity contribution in [3.05, 3.63) is 70.1 Å². The van der Waals surface area contributed by atoms with Crippen LogP contribution >= 0.6 is 22.9 Å². The number of aryl methyl sites for hydroxylation is 1. The number of phenols is 1. The predicted molar refractivity (Wildman–Crippen MR) is 116 cm³/mol. The number of hydrogen-bond acceptors (Lipinski definition) is 6. The van der Waals surface area contributed by atoms with E-state index in [0.29, 0.717) is 16.9 Å². The molecule has 3 amide bonds. The molecule has 0 unspecified atom stereocenters. The Balaban J connectivity index is 1.67. The van der Waals surface area contributed by atoms with E-state index in [1.807, 2.05) is 4.72 Å². The van der Waals surface area contributed by atoms with Crippen LogP contribution in [-0.2, 0) is 10.0 Å². The molecular formula is C19H16ClN3O5S2. The van der Waals surface area contributed by atoms with Crippen LogP contribution in [0.3, 0.4) is 0 Å². The molecular weight excluding hydrogens is 450 g/mol. The molecule has 0 saturated heterocycles. The van der Waals surface area contributed by atoms with Gasteiger partial charge in [-0.05, 0) is 55.0 Å². The normalized spacial score (nSPS) is 11.0. The second-order valence-electron chi connectivity index (χ2n) is 6.12. The first kappa shape index (κ1) is 21.6. The Hall–Kier alpha value is -3.08. The van der Waals surface area contributed by atoms with Crippen molar-refractivity contribution in [1.29, 1.82) is 0 Å². The van der Waals surface area contributed by atoms with E-state index in [0.717, 1.165) is 11.3 Å². The first-order valence-corrected chi connectivity index (χ1v) is 11.1. The highest BCUT2D eigenvalue weighted by molar-refractivity contribution is 7.92. The van der Waals surface area contributed by atoms with Gasteiger partial charge >= 0.3 is 6.03 Å². The minimum atomic E-state index is -4.04. The summed E-state index contributed by atoms with van der Waals surface area (Å²) in [5, 5.41) is 14.9. The SMILES string of the molecule is Cc1cc(NC(=O)NS(=O)(=O)c2ccc(Cl)s2)ccc1NC(=O)c1ccccc1O. The van der Waals surface area contributed by atoms with E-state index in [9.17, 15) is 23.1 Å². The number of thiophene rings is 1. The lowest BCUT2D eigenvalue weighted by Crippen LogP contribution is -2.33. The molecule has 4 N–H and O–H groups in total. The number of sulfonamides is 1. The average Bonchev–Trinajstić information content (AvgIpc) is 3.11. The number of anilines is 2. The predicted octanol–water partition coefficient (Wildman–Crippen LogP) is 4.18. The van der Waals surface area contributed by atoms with Crippen LogP contribution in [0.4, 0.5) is 16.2 Å². The molecule has 1 aromatic heterocycles. The van der Waals surface area contributed by atoms with E-state index in [4.69, 9.17) is 11.6 Å². The minimum absolute atomic E-state index is 0.0824. The van der Waals surface area contributed by atoms with Gasteiger partial charge in [-0.25, -0.2) is 17.9 Å². The van der Waals surface area contributed by atoms with Crippen molar-refractivity contribution in [1.82, 2.24) is 4.72 Å². The number of amides is 3. The number of nitrogens with one attached hydrogen (secondary N) is 3.